The number of ether oxygens (including phenoxy) is 2. The molecule has 0 radical (unpaired) electrons. The van der Waals surface area contributed by atoms with Crippen molar-refractivity contribution in [1.29, 1.82) is 0 Å². The van der Waals surface area contributed by atoms with Crippen LogP contribution < -0.4 is 9.47 Å². The predicted molar refractivity (Wildman–Crippen MR) is 61.9 cm³/mol. The average molecular weight is 221 g/mol. The largest absolute Gasteiger partial charge is 0.493 e. The molecule has 1 aromatic rings. The molecule has 86 valence electrons. The molecule has 0 saturated carbocycles. The van der Waals surface area contributed by atoms with E-state index in [2.05, 4.69) is 10.0 Å². The predicted octanol–water partition coefficient (Wildman–Crippen LogP) is 2.95. The minimum Gasteiger partial charge on any atom is -0.493 e. The lowest BCUT2D eigenvalue weighted by Crippen LogP contribution is -1.99. The van der Waals surface area contributed by atoms with Crippen molar-refractivity contribution in [3.05, 3.63) is 34.2 Å². The molecule has 5 heteroatoms. The first-order valence-electron chi connectivity index (χ1n) is 5.13. The van der Waals surface area contributed by atoms with Crippen molar-refractivity contribution in [2.45, 2.75) is 13.3 Å². The van der Waals surface area contributed by atoms with E-state index in [0.29, 0.717) is 19.6 Å². The van der Waals surface area contributed by atoms with Crippen LogP contribution in [0.5, 0.6) is 11.5 Å². The Hall–Kier alpha value is -1.87. The molecule has 0 aromatic heterocycles. The highest BCUT2D eigenvalue weighted by molar-refractivity contribution is 5.46. The van der Waals surface area contributed by atoms with Crippen molar-refractivity contribution in [3.8, 4) is 11.5 Å². The van der Waals surface area contributed by atoms with E-state index in [1.54, 1.807) is 7.11 Å². The summed E-state index contributed by atoms with van der Waals surface area (Å²) in [6.45, 7) is 2.94. The maximum Gasteiger partial charge on any atom is 0.163 e. The van der Waals surface area contributed by atoms with Crippen LogP contribution >= 0.6 is 0 Å². The Balaban J connectivity index is 2.89. The number of methoxy groups -OCH3 is 1. The van der Waals surface area contributed by atoms with Crippen LogP contribution in [0, 0.1) is 0 Å². The van der Waals surface area contributed by atoms with Crippen LogP contribution in [0.1, 0.15) is 12.5 Å². The minimum absolute atomic E-state index is 0.419. The standard InChI is InChI=1S/C11H15N3O2/c1-3-16-10-6-4-5-9(11(10)15-2)7-8-13-14-12/h4-6H,3,7-8H2,1-2H3. The van der Waals surface area contributed by atoms with Crippen molar-refractivity contribution in [2.75, 3.05) is 20.3 Å². The first kappa shape index (κ1) is 12.2. The van der Waals surface area contributed by atoms with Gasteiger partial charge >= 0.3 is 0 Å². The molecule has 0 spiro atoms. The summed E-state index contributed by atoms with van der Waals surface area (Å²) in [5.74, 6) is 1.45. The molecule has 0 bridgehead atoms. The third-order valence-corrected chi connectivity index (χ3v) is 2.11. The van der Waals surface area contributed by atoms with Crippen LogP contribution in [-0.2, 0) is 6.42 Å². The van der Waals surface area contributed by atoms with Gasteiger partial charge in [0.05, 0.1) is 13.7 Å². The van der Waals surface area contributed by atoms with Gasteiger partial charge in [0.2, 0.25) is 0 Å². The quantitative estimate of drug-likeness (QED) is 0.421. The number of hydrogen-bond acceptors (Lipinski definition) is 3. The summed E-state index contributed by atoms with van der Waals surface area (Å²) in [6, 6.07) is 5.70. The summed E-state index contributed by atoms with van der Waals surface area (Å²) in [7, 11) is 1.61. The smallest absolute Gasteiger partial charge is 0.163 e. The topological polar surface area (TPSA) is 67.2 Å². The van der Waals surface area contributed by atoms with E-state index >= 15 is 0 Å². The van der Waals surface area contributed by atoms with Gasteiger partial charge in [0.25, 0.3) is 0 Å². The summed E-state index contributed by atoms with van der Waals surface area (Å²) in [6.07, 6.45) is 0.647. The van der Waals surface area contributed by atoms with Crippen molar-refractivity contribution in [2.24, 2.45) is 5.11 Å². The van der Waals surface area contributed by atoms with Crippen LogP contribution in [0.25, 0.3) is 10.4 Å². The highest BCUT2D eigenvalue weighted by Crippen LogP contribution is 2.31. The van der Waals surface area contributed by atoms with E-state index in [-0.39, 0.29) is 0 Å². The van der Waals surface area contributed by atoms with Gasteiger partial charge in [-0.2, -0.15) is 0 Å². The molecule has 0 heterocycles. The van der Waals surface area contributed by atoms with E-state index < -0.39 is 0 Å². The Morgan fingerprint density at radius 1 is 1.44 bits per heavy atom. The molecule has 0 aliphatic carbocycles. The molecular formula is C11H15N3O2. The van der Waals surface area contributed by atoms with E-state index in [1.165, 1.54) is 0 Å². The van der Waals surface area contributed by atoms with Crippen molar-refractivity contribution >= 4 is 0 Å². The van der Waals surface area contributed by atoms with Gasteiger partial charge in [-0.15, -0.1) is 0 Å². The van der Waals surface area contributed by atoms with Crippen LogP contribution in [-0.4, -0.2) is 20.3 Å². The monoisotopic (exact) mass is 221 g/mol. The second kappa shape index (κ2) is 6.58. The number of azide groups is 1. The van der Waals surface area contributed by atoms with Crippen molar-refractivity contribution in [1.82, 2.24) is 0 Å². The molecule has 0 N–H and O–H groups in total. The van der Waals surface area contributed by atoms with E-state index in [1.807, 2.05) is 25.1 Å². The Kier molecular flexibility index (Phi) is 5.02. The molecule has 0 fully saturated rings. The third-order valence-electron chi connectivity index (χ3n) is 2.11. The van der Waals surface area contributed by atoms with Crippen molar-refractivity contribution < 1.29 is 9.47 Å². The summed E-state index contributed by atoms with van der Waals surface area (Å²) in [5.41, 5.74) is 9.20. The van der Waals surface area contributed by atoms with Crippen LogP contribution in [0.4, 0.5) is 0 Å². The van der Waals surface area contributed by atoms with Gasteiger partial charge in [0.1, 0.15) is 0 Å². The van der Waals surface area contributed by atoms with Crippen molar-refractivity contribution in [3.63, 3.8) is 0 Å². The van der Waals surface area contributed by atoms with Gasteiger partial charge in [0, 0.05) is 11.5 Å². The van der Waals surface area contributed by atoms with Gasteiger partial charge in [0.15, 0.2) is 11.5 Å². The maximum atomic E-state index is 8.21. The second-order valence-corrected chi connectivity index (χ2v) is 3.09. The SMILES string of the molecule is CCOc1cccc(CCN=[N+]=[N-])c1OC. The van der Waals surface area contributed by atoms with Crippen LogP contribution in [0.3, 0.4) is 0 Å². The maximum absolute atomic E-state index is 8.21. The number of para-hydroxylation sites is 1. The lowest BCUT2D eigenvalue weighted by molar-refractivity contribution is 0.309. The molecule has 0 atom stereocenters. The average Bonchev–Trinajstić information content (AvgIpc) is 2.30. The lowest BCUT2D eigenvalue weighted by atomic mass is 10.1. The van der Waals surface area contributed by atoms with Gasteiger partial charge in [-0.05, 0) is 30.5 Å². The molecule has 0 aliphatic rings. The first-order valence-corrected chi connectivity index (χ1v) is 5.13. The highest BCUT2D eigenvalue weighted by Gasteiger charge is 2.08. The highest BCUT2D eigenvalue weighted by atomic mass is 16.5. The Labute approximate surface area is 94.6 Å². The molecule has 0 amide bonds. The molecule has 0 saturated heterocycles. The molecule has 0 aliphatic heterocycles. The summed E-state index contributed by atoms with van der Waals surface area (Å²) in [5, 5.41) is 3.50. The van der Waals surface area contributed by atoms with E-state index in [9.17, 15) is 0 Å². The summed E-state index contributed by atoms with van der Waals surface area (Å²) >= 11 is 0. The minimum atomic E-state index is 0.419. The Morgan fingerprint density at radius 3 is 2.88 bits per heavy atom. The summed E-state index contributed by atoms with van der Waals surface area (Å²) < 4.78 is 10.7. The van der Waals surface area contributed by atoms with Crippen LogP contribution in [0.15, 0.2) is 23.3 Å². The Morgan fingerprint density at radius 2 is 2.25 bits per heavy atom. The fourth-order valence-corrected chi connectivity index (χ4v) is 1.47. The van der Waals surface area contributed by atoms with Gasteiger partial charge < -0.3 is 9.47 Å². The fraction of sp³-hybridized carbons (Fsp3) is 0.455. The van der Waals surface area contributed by atoms with Gasteiger partial charge in [-0.3, -0.25) is 0 Å². The Bertz CT molecular complexity index is 387. The molecule has 1 aromatic carbocycles. The number of rotatable bonds is 6. The number of benzene rings is 1. The van der Waals surface area contributed by atoms with E-state index in [4.69, 9.17) is 15.0 Å². The lowest BCUT2D eigenvalue weighted by Gasteiger charge is -2.12. The normalized spacial score (nSPS) is 9.38. The second-order valence-electron chi connectivity index (χ2n) is 3.09. The number of nitrogens with zero attached hydrogens (tertiary/aromatic N) is 3. The van der Waals surface area contributed by atoms with Gasteiger partial charge in [-0.1, -0.05) is 17.2 Å². The van der Waals surface area contributed by atoms with Gasteiger partial charge in [-0.25, -0.2) is 0 Å². The molecule has 16 heavy (non-hydrogen) atoms. The summed E-state index contributed by atoms with van der Waals surface area (Å²) in [4.78, 5) is 2.72. The zero-order chi connectivity index (χ0) is 11.8. The molecule has 1 rings (SSSR count). The molecule has 0 unspecified atom stereocenters. The zero-order valence-electron chi connectivity index (χ0n) is 9.51. The molecule has 5 nitrogen and oxygen atoms in total. The van der Waals surface area contributed by atoms with E-state index in [0.717, 1.165) is 17.1 Å². The third kappa shape index (κ3) is 3.07. The first-order chi connectivity index (χ1) is 7.83. The zero-order valence-corrected chi connectivity index (χ0v) is 9.51. The van der Waals surface area contributed by atoms with Crippen LogP contribution in [0.2, 0.25) is 0 Å². The molecular weight excluding hydrogens is 206 g/mol. The fourth-order valence-electron chi connectivity index (χ4n) is 1.47. The number of hydrogen-bond donors (Lipinski definition) is 0.